The van der Waals surface area contributed by atoms with Gasteiger partial charge in [-0.3, -0.25) is 0 Å². The quantitative estimate of drug-likeness (QED) is 0.491. The van der Waals surface area contributed by atoms with E-state index in [0.29, 0.717) is 0 Å². The molecule has 1 radical (unpaired) electrons. The number of hydrogen-bond donors (Lipinski definition) is 0. The molecule has 0 fully saturated rings. The summed E-state index contributed by atoms with van der Waals surface area (Å²) in [5.74, 6) is 0. The van der Waals surface area contributed by atoms with E-state index < -0.39 is 0 Å². The predicted octanol–water partition coefficient (Wildman–Crippen LogP) is 7.86. The standard InChI is InChI=1S/C14H14N.4C2H6.Y/c1-3-7-13(8-4-1)11-15-12-14-9-5-2-6-10-14;4*1-2;/h1-10H,11-12H2;4*1-2H3;/q-1;;;;;. The Balaban J connectivity index is -0.000000196. The van der Waals surface area contributed by atoms with Crippen LogP contribution in [0.25, 0.3) is 5.32 Å². The molecule has 0 N–H and O–H groups in total. The van der Waals surface area contributed by atoms with Crippen LogP contribution in [0.1, 0.15) is 66.5 Å². The summed E-state index contributed by atoms with van der Waals surface area (Å²) in [4.78, 5) is 0. The molecule has 135 valence electrons. The molecule has 2 heteroatoms. The fourth-order valence-corrected chi connectivity index (χ4v) is 1.48. The molecule has 2 aromatic rings. The van der Waals surface area contributed by atoms with E-state index in [-0.39, 0.29) is 32.7 Å². The monoisotopic (exact) mass is 405 g/mol. The van der Waals surface area contributed by atoms with Gasteiger partial charge in [-0.1, -0.05) is 127 Å². The van der Waals surface area contributed by atoms with Gasteiger partial charge in [-0.05, 0) is 0 Å². The Hall–Kier alpha value is -0.496. The van der Waals surface area contributed by atoms with Crippen LogP contribution in [0, 0.1) is 0 Å². The third-order valence-corrected chi connectivity index (χ3v) is 2.27. The third kappa shape index (κ3) is 19.6. The van der Waals surface area contributed by atoms with Gasteiger partial charge in [0.1, 0.15) is 0 Å². The second-order valence-corrected chi connectivity index (χ2v) is 3.51. The molecule has 0 saturated heterocycles. The van der Waals surface area contributed by atoms with Crippen molar-refractivity contribution in [1.82, 2.24) is 0 Å². The Kier molecular flexibility index (Phi) is 39.6. The van der Waals surface area contributed by atoms with Gasteiger partial charge >= 0.3 is 0 Å². The molecule has 24 heavy (non-hydrogen) atoms. The van der Waals surface area contributed by atoms with Crippen molar-refractivity contribution in [3.05, 3.63) is 77.1 Å². The number of rotatable bonds is 4. The van der Waals surface area contributed by atoms with Gasteiger partial charge in [0.25, 0.3) is 0 Å². The minimum atomic E-state index is 0. The van der Waals surface area contributed by atoms with Crippen molar-refractivity contribution in [3.8, 4) is 0 Å². The Morgan fingerprint density at radius 2 is 0.750 bits per heavy atom. The summed E-state index contributed by atoms with van der Waals surface area (Å²) in [6.45, 7) is 17.6. The molecule has 0 heterocycles. The zero-order chi connectivity index (χ0) is 18.3. The minimum Gasteiger partial charge on any atom is -0.655 e. The van der Waals surface area contributed by atoms with Crippen molar-refractivity contribution in [2.24, 2.45) is 0 Å². The molecule has 0 atom stereocenters. The minimum absolute atomic E-state index is 0. The maximum absolute atomic E-state index is 4.51. The van der Waals surface area contributed by atoms with Crippen molar-refractivity contribution in [2.45, 2.75) is 68.5 Å². The van der Waals surface area contributed by atoms with Gasteiger partial charge in [0.15, 0.2) is 0 Å². The maximum atomic E-state index is 4.51. The van der Waals surface area contributed by atoms with E-state index in [1.807, 2.05) is 91.8 Å². The number of nitrogens with zero attached hydrogens (tertiary/aromatic N) is 1. The van der Waals surface area contributed by atoms with Crippen LogP contribution in [0.3, 0.4) is 0 Å². The second kappa shape index (κ2) is 30.4. The van der Waals surface area contributed by atoms with Gasteiger partial charge in [0.05, 0.1) is 0 Å². The maximum Gasteiger partial charge on any atom is 0 e. The molecule has 0 spiro atoms. The van der Waals surface area contributed by atoms with Crippen LogP contribution in [-0.2, 0) is 45.8 Å². The van der Waals surface area contributed by atoms with Crippen LogP contribution >= 0.6 is 0 Å². The molecular formula is C22H38NY-. The van der Waals surface area contributed by atoms with Crippen molar-refractivity contribution in [2.75, 3.05) is 0 Å². The summed E-state index contributed by atoms with van der Waals surface area (Å²) < 4.78 is 0. The van der Waals surface area contributed by atoms with Crippen molar-refractivity contribution in [3.63, 3.8) is 0 Å². The molecule has 0 aliphatic heterocycles. The molecule has 2 aromatic carbocycles. The predicted molar refractivity (Wildman–Crippen MR) is 109 cm³/mol. The van der Waals surface area contributed by atoms with E-state index in [9.17, 15) is 0 Å². The van der Waals surface area contributed by atoms with Gasteiger partial charge in [-0.25, -0.2) is 0 Å². The summed E-state index contributed by atoms with van der Waals surface area (Å²) in [6.07, 6.45) is 0. The normalized spacial score (nSPS) is 7.33. The first-order valence-corrected chi connectivity index (χ1v) is 9.16. The summed E-state index contributed by atoms with van der Waals surface area (Å²) in [6, 6.07) is 20.7. The molecular weight excluding hydrogens is 367 g/mol. The van der Waals surface area contributed by atoms with E-state index in [1.165, 1.54) is 11.1 Å². The molecule has 0 aromatic heterocycles. The fraction of sp³-hybridized carbons (Fsp3) is 0.455. The van der Waals surface area contributed by atoms with Gasteiger partial charge in [-0.15, -0.1) is 13.1 Å². The topological polar surface area (TPSA) is 14.1 Å². The summed E-state index contributed by atoms with van der Waals surface area (Å²) >= 11 is 0. The first-order chi connectivity index (χ1) is 11.4. The van der Waals surface area contributed by atoms with Crippen molar-refractivity contribution >= 4 is 0 Å². The molecule has 2 rings (SSSR count). The van der Waals surface area contributed by atoms with Crippen LogP contribution in [-0.4, -0.2) is 0 Å². The molecule has 1 nitrogen and oxygen atoms in total. The summed E-state index contributed by atoms with van der Waals surface area (Å²) in [5, 5.41) is 4.51. The molecule has 0 aliphatic carbocycles. The molecule has 0 amide bonds. The van der Waals surface area contributed by atoms with Gasteiger partial charge < -0.3 is 5.32 Å². The van der Waals surface area contributed by atoms with Crippen LogP contribution < -0.4 is 0 Å². The largest absolute Gasteiger partial charge is 0.655 e. The Labute approximate surface area is 177 Å². The molecule has 0 saturated carbocycles. The Morgan fingerprint density at radius 1 is 0.500 bits per heavy atom. The zero-order valence-electron chi connectivity index (χ0n) is 17.2. The van der Waals surface area contributed by atoms with E-state index >= 15 is 0 Å². The molecule has 0 aliphatic rings. The first kappa shape index (κ1) is 31.3. The first-order valence-electron chi connectivity index (χ1n) is 9.16. The van der Waals surface area contributed by atoms with Crippen molar-refractivity contribution < 1.29 is 32.7 Å². The third-order valence-electron chi connectivity index (χ3n) is 2.27. The van der Waals surface area contributed by atoms with Crippen LogP contribution in [0.4, 0.5) is 0 Å². The summed E-state index contributed by atoms with van der Waals surface area (Å²) in [7, 11) is 0. The smallest absolute Gasteiger partial charge is 0 e. The van der Waals surface area contributed by atoms with Crippen molar-refractivity contribution in [1.29, 1.82) is 0 Å². The Bertz CT molecular complexity index is 348. The van der Waals surface area contributed by atoms with Crippen LogP contribution in [0.2, 0.25) is 0 Å². The molecule has 0 bridgehead atoms. The van der Waals surface area contributed by atoms with Gasteiger partial charge in [-0.2, -0.15) is 0 Å². The van der Waals surface area contributed by atoms with Gasteiger partial charge in [0.2, 0.25) is 0 Å². The van der Waals surface area contributed by atoms with E-state index in [0.717, 1.165) is 13.1 Å². The number of benzene rings is 2. The zero-order valence-corrected chi connectivity index (χ0v) is 20.1. The van der Waals surface area contributed by atoms with E-state index in [1.54, 1.807) is 0 Å². The number of hydrogen-bond acceptors (Lipinski definition) is 0. The van der Waals surface area contributed by atoms with E-state index in [4.69, 9.17) is 0 Å². The second-order valence-electron chi connectivity index (χ2n) is 3.51. The van der Waals surface area contributed by atoms with Gasteiger partial charge in [0, 0.05) is 32.7 Å². The Morgan fingerprint density at radius 3 is 1.00 bits per heavy atom. The summed E-state index contributed by atoms with van der Waals surface area (Å²) in [5.41, 5.74) is 2.54. The molecule has 0 unspecified atom stereocenters. The fourth-order valence-electron chi connectivity index (χ4n) is 1.48. The SMILES string of the molecule is CC.CC.CC.CC.[Y].c1ccc(C[N-]Cc2ccccc2)cc1. The van der Waals surface area contributed by atoms with Crippen LogP contribution in [0.5, 0.6) is 0 Å². The average Bonchev–Trinajstić information content (AvgIpc) is 2.70. The average molecular weight is 405 g/mol. The van der Waals surface area contributed by atoms with Crippen LogP contribution in [0.15, 0.2) is 60.7 Å². The van der Waals surface area contributed by atoms with E-state index in [2.05, 4.69) is 29.6 Å².